The molecule has 4 heteroatoms. The molecular weight excluding hydrogens is 310 g/mol. The van der Waals surface area contributed by atoms with E-state index in [1.165, 1.54) is 19.3 Å². The van der Waals surface area contributed by atoms with Crippen LogP contribution in [0, 0.1) is 6.92 Å². The Morgan fingerprint density at radius 1 is 1.50 bits per heavy atom. The minimum Gasteiger partial charge on any atom is -0.351 e. The number of hydrogen-bond acceptors (Lipinski definition) is 2. The molecule has 0 heterocycles. The fourth-order valence-corrected chi connectivity index (χ4v) is 3.75. The van der Waals surface area contributed by atoms with Crippen LogP contribution < -0.4 is 5.32 Å². The number of halogens is 1. The molecule has 0 spiro atoms. The number of hydrogen-bond donors (Lipinski definition) is 1. The molecule has 98 valence electrons. The molecule has 0 atom stereocenters. The Labute approximate surface area is 121 Å². The van der Waals surface area contributed by atoms with Crippen LogP contribution in [0.25, 0.3) is 0 Å². The van der Waals surface area contributed by atoms with Crippen molar-refractivity contribution in [3.8, 4) is 0 Å². The van der Waals surface area contributed by atoms with Crippen molar-refractivity contribution in [3.63, 3.8) is 0 Å². The summed E-state index contributed by atoms with van der Waals surface area (Å²) in [6, 6.07) is 5.82. The van der Waals surface area contributed by atoms with Crippen LogP contribution in [0.2, 0.25) is 0 Å². The zero-order valence-electron chi connectivity index (χ0n) is 10.8. The van der Waals surface area contributed by atoms with Crippen LogP contribution in [0.15, 0.2) is 22.7 Å². The zero-order chi connectivity index (χ0) is 13.2. The van der Waals surface area contributed by atoms with Gasteiger partial charge in [0.15, 0.2) is 0 Å². The first-order valence-electron chi connectivity index (χ1n) is 6.16. The van der Waals surface area contributed by atoms with Gasteiger partial charge in [-0.3, -0.25) is 4.79 Å². The summed E-state index contributed by atoms with van der Waals surface area (Å²) in [6.45, 7) is 2.79. The zero-order valence-corrected chi connectivity index (χ0v) is 13.2. The van der Waals surface area contributed by atoms with Crippen LogP contribution >= 0.6 is 27.7 Å². The van der Waals surface area contributed by atoms with Crippen molar-refractivity contribution in [3.05, 3.63) is 33.8 Å². The number of rotatable bonds is 4. The van der Waals surface area contributed by atoms with E-state index >= 15 is 0 Å². The third-order valence-corrected chi connectivity index (χ3v) is 5.71. The van der Waals surface area contributed by atoms with Gasteiger partial charge in [-0.25, -0.2) is 0 Å². The molecule has 1 aromatic carbocycles. The summed E-state index contributed by atoms with van der Waals surface area (Å²) >= 11 is 5.33. The largest absolute Gasteiger partial charge is 0.351 e. The van der Waals surface area contributed by atoms with Crippen molar-refractivity contribution in [1.29, 1.82) is 0 Å². The molecule has 0 aromatic heterocycles. The maximum absolute atomic E-state index is 12.1. The maximum Gasteiger partial charge on any atom is 0.252 e. The number of aryl methyl sites for hydroxylation is 1. The second-order valence-electron chi connectivity index (χ2n) is 4.91. The number of amides is 1. The quantitative estimate of drug-likeness (QED) is 0.911. The lowest BCUT2D eigenvalue weighted by Crippen LogP contribution is -2.45. The molecule has 1 aliphatic carbocycles. The molecule has 2 nitrogen and oxygen atoms in total. The number of carbonyl (C=O) groups excluding carboxylic acids is 1. The van der Waals surface area contributed by atoms with E-state index in [1.807, 2.05) is 36.9 Å². The van der Waals surface area contributed by atoms with Gasteiger partial charge in [0.1, 0.15) is 0 Å². The lowest BCUT2D eigenvalue weighted by molar-refractivity contribution is 0.0943. The molecule has 1 amide bonds. The van der Waals surface area contributed by atoms with E-state index in [0.29, 0.717) is 0 Å². The van der Waals surface area contributed by atoms with E-state index in [9.17, 15) is 4.79 Å². The predicted octanol–water partition coefficient (Wildman–Crippen LogP) is 3.77. The summed E-state index contributed by atoms with van der Waals surface area (Å²) in [5, 5.41) is 3.06. The highest BCUT2D eigenvalue weighted by Crippen LogP contribution is 2.42. The van der Waals surface area contributed by atoms with E-state index in [1.54, 1.807) is 0 Å². The Kier molecular flexibility index (Phi) is 4.38. The van der Waals surface area contributed by atoms with E-state index in [0.717, 1.165) is 22.1 Å². The molecule has 0 bridgehead atoms. The van der Waals surface area contributed by atoms with E-state index in [4.69, 9.17) is 0 Å². The van der Waals surface area contributed by atoms with Crippen molar-refractivity contribution in [2.45, 2.75) is 30.9 Å². The molecule has 18 heavy (non-hydrogen) atoms. The summed E-state index contributed by atoms with van der Waals surface area (Å²) in [5.41, 5.74) is 1.87. The van der Waals surface area contributed by atoms with Crippen molar-refractivity contribution >= 4 is 33.6 Å². The molecular formula is C14H18BrNOS. The van der Waals surface area contributed by atoms with Gasteiger partial charge >= 0.3 is 0 Å². The fraction of sp³-hybridized carbons (Fsp3) is 0.500. The number of carbonyl (C=O) groups is 1. The Balaban J connectivity index is 1.99. The van der Waals surface area contributed by atoms with Gasteiger partial charge in [-0.2, -0.15) is 11.8 Å². The molecule has 1 saturated carbocycles. The number of thioether (sulfide) groups is 1. The predicted molar refractivity (Wildman–Crippen MR) is 81.3 cm³/mol. The van der Waals surface area contributed by atoms with Crippen molar-refractivity contribution in [2.75, 3.05) is 12.8 Å². The Morgan fingerprint density at radius 3 is 2.72 bits per heavy atom. The van der Waals surface area contributed by atoms with Crippen LogP contribution in [0.5, 0.6) is 0 Å². The average Bonchev–Trinajstić information content (AvgIpc) is 2.27. The molecule has 0 aliphatic heterocycles. The number of benzene rings is 1. The Bertz CT molecular complexity index is 452. The topological polar surface area (TPSA) is 29.1 Å². The Morgan fingerprint density at radius 2 is 2.22 bits per heavy atom. The minimum absolute atomic E-state index is 0.0159. The molecule has 1 fully saturated rings. The van der Waals surface area contributed by atoms with Crippen LogP contribution in [-0.2, 0) is 0 Å². The van der Waals surface area contributed by atoms with Gasteiger partial charge in [0.2, 0.25) is 0 Å². The van der Waals surface area contributed by atoms with Gasteiger partial charge in [-0.05, 0) is 59.6 Å². The van der Waals surface area contributed by atoms with Crippen LogP contribution in [-0.4, -0.2) is 23.5 Å². The molecule has 1 aromatic rings. The highest BCUT2D eigenvalue weighted by Gasteiger charge is 2.36. The van der Waals surface area contributed by atoms with Gasteiger partial charge in [0.05, 0.1) is 5.56 Å². The summed E-state index contributed by atoms with van der Waals surface area (Å²) in [5.74, 6) is 0.0159. The fourth-order valence-electron chi connectivity index (χ4n) is 2.17. The van der Waals surface area contributed by atoms with Crippen molar-refractivity contribution < 1.29 is 4.79 Å². The normalized spacial score (nSPS) is 17.1. The van der Waals surface area contributed by atoms with Gasteiger partial charge in [0.25, 0.3) is 5.91 Å². The van der Waals surface area contributed by atoms with E-state index in [2.05, 4.69) is 27.5 Å². The maximum atomic E-state index is 12.1. The second-order valence-corrected chi connectivity index (χ2v) is 7.04. The highest BCUT2D eigenvalue weighted by molar-refractivity contribution is 9.10. The summed E-state index contributed by atoms with van der Waals surface area (Å²) in [4.78, 5) is 12.1. The molecule has 2 rings (SSSR count). The average molecular weight is 328 g/mol. The SMILES string of the molecule is CSC1(CNC(=O)c2ccc(C)cc2Br)CCC1. The Hall–Kier alpha value is -0.480. The minimum atomic E-state index is 0.0159. The van der Waals surface area contributed by atoms with Gasteiger partial charge in [0, 0.05) is 15.8 Å². The third-order valence-electron chi connectivity index (χ3n) is 3.64. The third kappa shape index (κ3) is 2.91. The second kappa shape index (κ2) is 5.66. The first-order chi connectivity index (χ1) is 8.56. The first kappa shape index (κ1) is 13.9. The molecule has 1 aliphatic rings. The number of nitrogens with one attached hydrogen (secondary N) is 1. The standard InChI is InChI=1S/C14H18BrNOS/c1-10-4-5-11(12(15)8-10)13(17)16-9-14(18-2)6-3-7-14/h4-5,8H,3,6-7,9H2,1-2H3,(H,16,17). The summed E-state index contributed by atoms with van der Waals surface area (Å²) in [6.07, 6.45) is 5.84. The van der Waals surface area contributed by atoms with E-state index < -0.39 is 0 Å². The first-order valence-corrected chi connectivity index (χ1v) is 8.18. The smallest absolute Gasteiger partial charge is 0.252 e. The van der Waals surface area contributed by atoms with Crippen LogP contribution in [0.1, 0.15) is 35.2 Å². The summed E-state index contributed by atoms with van der Waals surface area (Å²) in [7, 11) is 0. The lowest BCUT2D eigenvalue weighted by atomic mass is 9.84. The van der Waals surface area contributed by atoms with Gasteiger partial charge < -0.3 is 5.32 Å². The highest BCUT2D eigenvalue weighted by atomic mass is 79.9. The molecule has 0 radical (unpaired) electrons. The molecule has 0 saturated heterocycles. The lowest BCUT2D eigenvalue weighted by Gasteiger charge is -2.40. The van der Waals surface area contributed by atoms with Crippen LogP contribution in [0.3, 0.4) is 0 Å². The van der Waals surface area contributed by atoms with Gasteiger partial charge in [-0.15, -0.1) is 0 Å². The van der Waals surface area contributed by atoms with Crippen molar-refractivity contribution in [2.24, 2.45) is 0 Å². The van der Waals surface area contributed by atoms with Crippen LogP contribution in [0.4, 0.5) is 0 Å². The summed E-state index contributed by atoms with van der Waals surface area (Å²) < 4.78 is 1.15. The monoisotopic (exact) mass is 327 g/mol. The van der Waals surface area contributed by atoms with Gasteiger partial charge in [-0.1, -0.05) is 12.5 Å². The van der Waals surface area contributed by atoms with E-state index in [-0.39, 0.29) is 10.7 Å². The molecule has 0 unspecified atom stereocenters. The molecule has 1 N–H and O–H groups in total. The van der Waals surface area contributed by atoms with Crippen molar-refractivity contribution in [1.82, 2.24) is 5.32 Å².